The lowest BCUT2D eigenvalue weighted by molar-refractivity contribution is -0.115. The highest BCUT2D eigenvalue weighted by atomic mass is 35.5. The van der Waals surface area contributed by atoms with Crippen LogP contribution in [-0.4, -0.2) is 22.2 Å². The van der Waals surface area contributed by atoms with E-state index in [1.54, 1.807) is 25.3 Å². The lowest BCUT2D eigenvalue weighted by Crippen LogP contribution is -2.22. The fourth-order valence-corrected chi connectivity index (χ4v) is 2.68. The molecule has 1 amide bonds. The molecule has 1 unspecified atom stereocenters. The average Bonchev–Trinajstić information content (AvgIpc) is 2.99. The van der Waals surface area contributed by atoms with E-state index in [4.69, 9.17) is 21.1 Å². The largest absolute Gasteiger partial charge is 0.478 e. The molecule has 22 heavy (non-hydrogen) atoms. The Hall–Kier alpha value is -1.92. The van der Waals surface area contributed by atoms with Crippen LogP contribution < -0.4 is 5.32 Å². The van der Waals surface area contributed by atoms with Crippen molar-refractivity contribution in [2.45, 2.75) is 17.9 Å². The van der Waals surface area contributed by atoms with Crippen molar-refractivity contribution in [3.63, 3.8) is 0 Å². The lowest BCUT2D eigenvalue weighted by Gasteiger charge is -2.12. The number of nitrogens with one attached hydrogen (secondary N) is 1. The third-order valence-electron chi connectivity index (χ3n) is 2.89. The number of carboxylic acid groups (broad SMARTS) is 1. The van der Waals surface area contributed by atoms with Gasteiger partial charge in [-0.3, -0.25) is 4.79 Å². The molecule has 2 aromatic rings. The van der Waals surface area contributed by atoms with Crippen LogP contribution in [0.4, 0.5) is 5.69 Å². The maximum atomic E-state index is 12.1. The van der Waals surface area contributed by atoms with E-state index in [1.807, 2.05) is 6.07 Å². The van der Waals surface area contributed by atoms with Crippen molar-refractivity contribution in [2.75, 3.05) is 5.32 Å². The minimum atomic E-state index is -1.14. The van der Waals surface area contributed by atoms with Gasteiger partial charge in [0.15, 0.2) is 0 Å². The summed E-state index contributed by atoms with van der Waals surface area (Å²) in [6.45, 7) is 1.77. The molecule has 1 aromatic heterocycles. The third-order valence-corrected chi connectivity index (χ3v) is 4.38. The Bertz CT molecular complexity index is 672. The van der Waals surface area contributed by atoms with Gasteiger partial charge in [-0.2, -0.15) is 0 Å². The number of hydrogen-bond donors (Lipinski definition) is 2. The summed E-state index contributed by atoms with van der Waals surface area (Å²) in [4.78, 5) is 23.1. The van der Waals surface area contributed by atoms with Crippen LogP contribution >= 0.6 is 23.4 Å². The summed E-state index contributed by atoms with van der Waals surface area (Å²) in [6.07, 6.45) is 1.59. The van der Waals surface area contributed by atoms with E-state index in [0.29, 0.717) is 11.4 Å². The van der Waals surface area contributed by atoms with E-state index < -0.39 is 5.97 Å². The summed E-state index contributed by atoms with van der Waals surface area (Å²) in [6, 6.07) is 7.99. The molecule has 5 nitrogen and oxygen atoms in total. The molecule has 1 atom stereocenters. The van der Waals surface area contributed by atoms with Gasteiger partial charge in [0.1, 0.15) is 5.76 Å². The second-order valence-electron chi connectivity index (χ2n) is 4.52. The Morgan fingerprint density at radius 1 is 1.41 bits per heavy atom. The van der Waals surface area contributed by atoms with Gasteiger partial charge >= 0.3 is 5.97 Å². The molecular formula is C15H14ClNO4S. The SMILES string of the molecule is CC(SCc1ccco1)C(=O)Nc1ccc(Cl)c(C(=O)O)c1. The Morgan fingerprint density at radius 3 is 2.82 bits per heavy atom. The predicted molar refractivity (Wildman–Crippen MR) is 86.5 cm³/mol. The second-order valence-corrected chi connectivity index (χ2v) is 6.26. The van der Waals surface area contributed by atoms with Gasteiger partial charge in [-0.15, -0.1) is 11.8 Å². The molecule has 0 aliphatic rings. The Kier molecular flexibility index (Phi) is 5.51. The van der Waals surface area contributed by atoms with Gasteiger partial charge < -0.3 is 14.8 Å². The molecule has 0 spiro atoms. The number of carbonyl (C=O) groups is 2. The van der Waals surface area contributed by atoms with E-state index in [2.05, 4.69) is 5.32 Å². The van der Waals surface area contributed by atoms with Crippen molar-refractivity contribution in [3.8, 4) is 0 Å². The van der Waals surface area contributed by atoms with Gasteiger partial charge in [0.2, 0.25) is 5.91 Å². The average molecular weight is 340 g/mol. The van der Waals surface area contributed by atoms with E-state index >= 15 is 0 Å². The molecule has 1 aromatic carbocycles. The number of halogens is 1. The quantitative estimate of drug-likeness (QED) is 0.834. The van der Waals surface area contributed by atoms with Gasteiger partial charge in [0.25, 0.3) is 0 Å². The minimum absolute atomic E-state index is 0.0460. The maximum absolute atomic E-state index is 12.1. The molecule has 1 heterocycles. The summed E-state index contributed by atoms with van der Waals surface area (Å²) >= 11 is 7.22. The zero-order valence-corrected chi connectivity index (χ0v) is 13.3. The number of benzene rings is 1. The molecule has 0 fully saturated rings. The van der Waals surface area contributed by atoms with E-state index in [9.17, 15) is 9.59 Å². The number of carboxylic acids is 1. The molecule has 7 heteroatoms. The van der Waals surface area contributed by atoms with Crippen molar-refractivity contribution in [1.29, 1.82) is 0 Å². The van der Waals surface area contributed by atoms with Gasteiger partial charge in [0.05, 0.1) is 27.9 Å². The highest BCUT2D eigenvalue weighted by Gasteiger charge is 2.16. The van der Waals surface area contributed by atoms with Crippen LogP contribution in [0.2, 0.25) is 5.02 Å². The van der Waals surface area contributed by atoms with Crippen molar-refractivity contribution < 1.29 is 19.1 Å². The number of rotatable bonds is 6. The summed E-state index contributed by atoms with van der Waals surface area (Å²) < 4.78 is 5.20. The summed E-state index contributed by atoms with van der Waals surface area (Å²) in [5.74, 6) is 0.0311. The highest BCUT2D eigenvalue weighted by Crippen LogP contribution is 2.23. The Morgan fingerprint density at radius 2 is 2.18 bits per heavy atom. The molecule has 0 bridgehead atoms. The first-order valence-electron chi connectivity index (χ1n) is 6.45. The number of carbonyl (C=O) groups excluding carboxylic acids is 1. The Labute approximate surface area is 136 Å². The maximum Gasteiger partial charge on any atom is 0.337 e. The van der Waals surface area contributed by atoms with Crippen LogP contribution in [0.25, 0.3) is 0 Å². The summed E-state index contributed by atoms with van der Waals surface area (Å²) in [5, 5.41) is 11.5. The standard InChI is InChI=1S/C15H14ClNO4S/c1-9(22-8-11-3-2-6-21-11)14(18)17-10-4-5-13(16)12(7-10)15(19)20/h2-7,9H,8H2,1H3,(H,17,18)(H,19,20). The molecule has 0 radical (unpaired) electrons. The van der Waals surface area contributed by atoms with Crippen molar-refractivity contribution in [3.05, 3.63) is 52.9 Å². The molecule has 2 N–H and O–H groups in total. The van der Waals surface area contributed by atoms with E-state index in [-0.39, 0.29) is 21.7 Å². The van der Waals surface area contributed by atoms with Crippen molar-refractivity contribution in [2.24, 2.45) is 0 Å². The molecule has 0 saturated heterocycles. The first kappa shape index (κ1) is 16.5. The topological polar surface area (TPSA) is 79.5 Å². The normalized spacial score (nSPS) is 11.9. The second kappa shape index (κ2) is 7.38. The molecule has 0 saturated carbocycles. The predicted octanol–water partition coefficient (Wildman–Crippen LogP) is 3.89. The smallest absolute Gasteiger partial charge is 0.337 e. The van der Waals surface area contributed by atoms with Gasteiger partial charge in [-0.1, -0.05) is 11.6 Å². The van der Waals surface area contributed by atoms with Gasteiger partial charge in [-0.05, 0) is 37.3 Å². The summed E-state index contributed by atoms with van der Waals surface area (Å²) in [5.41, 5.74) is 0.354. The van der Waals surface area contributed by atoms with E-state index in [0.717, 1.165) is 5.76 Å². The highest BCUT2D eigenvalue weighted by molar-refractivity contribution is 7.99. The molecular weight excluding hydrogens is 326 g/mol. The number of hydrogen-bond acceptors (Lipinski definition) is 4. The van der Waals surface area contributed by atoms with Crippen LogP contribution in [0, 0.1) is 0 Å². The number of anilines is 1. The van der Waals surface area contributed by atoms with Gasteiger partial charge in [0, 0.05) is 5.69 Å². The molecule has 0 aliphatic heterocycles. The van der Waals surface area contributed by atoms with Crippen molar-refractivity contribution in [1.82, 2.24) is 0 Å². The fraction of sp³-hybridized carbons (Fsp3) is 0.200. The Balaban J connectivity index is 1.96. The third kappa shape index (κ3) is 4.29. The lowest BCUT2D eigenvalue weighted by atomic mass is 10.2. The van der Waals surface area contributed by atoms with Crippen LogP contribution in [-0.2, 0) is 10.5 Å². The monoisotopic (exact) mass is 339 g/mol. The number of amides is 1. The van der Waals surface area contributed by atoms with Crippen LogP contribution in [0.3, 0.4) is 0 Å². The molecule has 0 aliphatic carbocycles. The van der Waals surface area contributed by atoms with Crippen LogP contribution in [0.15, 0.2) is 41.0 Å². The number of aromatic carboxylic acids is 1. The van der Waals surface area contributed by atoms with E-state index in [1.165, 1.54) is 23.9 Å². The summed E-state index contributed by atoms with van der Waals surface area (Å²) in [7, 11) is 0. The first-order valence-corrected chi connectivity index (χ1v) is 7.87. The van der Waals surface area contributed by atoms with Crippen molar-refractivity contribution >= 4 is 40.9 Å². The van der Waals surface area contributed by atoms with Gasteiger partial charge in [-0.25, -0.2) is 4.79 Å². The molecule has 116 valence electrons. The number of thioether (sulfide) groups is 1. The first-order chi connectivity index (χ1) is 10.5. The zero-order chi connectivity index (χ0) is 16.1. The van der Waals surface area contributed by atoms with Crippen LogP contribution in [0.5, 0.6) is 0 Å². The van der Waals surface area contributed by atoms with Crippen LogP contribution in [0.1, 0.15) is 23.0 Å². The number of furan rings is 1. The zero-order valence-electron chi connectivity index (χ0n) is 11.7. The fourth-order valence-electron chi connectivity index (χ4n) is 1.69. The minimum Gasteiger partial charge on any atom is -0.478 e. The molecule has 2 rings (SSSR count).